The summed E-state index contributed by atoms with van der Waals surface area (Å²) in [5.41, 5.74) is -3.21. The van der Waals surface area contributed by atoms with Gasteiger partial charge in [-0.3, -0.25) is 14.4 Å². The Morgan fingerprint density at radius 2 is 1.60 bits per heavy atom. The van der Waals surface area contributed by atoms with Crippen LogP contribution in [0.1, 0.15) is 105 Å². The first-order valence-corrected chi connectivity index (χ1v) is 17.1. The van der Waals surface area contributed by atoms with Crippen molar-refractivity contribution in [3.63, 3.8) is 0 Å². The van der Waals surface area contributed by atoms with E-state index in [4.69, 9.17) is 6.42 Å². The molecule has 1 saturated heterocycles. The second-order valence-corrected chi connectivity index (χ2v) is 14.2. The fourth-order valence-corrected chi connectivity index (χ4v) is 7.15. The van der Waals surface area contributed by atoms with Gasteiger partial charge in [0.25, 0.3) is 5.56 Å². The van der Waals surface area contributed by atoms with E-state index in [0.29, 0.717) is 32.0 Å². The lowest BCUT2D eigenvalue weighted by molar-refractivity contribution is -0.139. The summed E-state index contributed by atoms with van der Waals surface area (Å²) in [7, 11) is 0. The molecular weight excluding hydrogens is 688 g/mol. The van der Waals surface area contributed by atoms with E-state index in [1.807, 2.05) is 13.8 Å². The van der Waals surface area contributed by atoms with Crippen LogP contribution in [0.2, 0.25) is 0 Å². The van der Waals surface area contributed by atoms with Gasteiger partial charge in [-0.1, -0.05) is 19.8 Å². The smallest absolute Gasteiger partial charge is 0.416 e. The molecule has 0 radical (unpaired) electrons. The normalized spacial score (nSPS) is 15.5. The summed E-state index contributed by atoms with van der Waals surface area (Å²) in [4.78, 5) is 41.8. The number of alkyl halides is 3. The summed E-state index contributed by atoms with van der Waals surface area (Å²) in [6, 6.07) is 0.604. The number of carboxylic acid groups (broad SMARTS) is 1. The van der Waals surface area contributed by atoms with Crippen LogP contribution in [0.25, 0.3) is 11.1 Å². The number of pyridine rings is 1. The summed E-state index contributed by atoms with van der Waals surface area (Å²) in [6.45, 7) is 11.4. The third-order valence-corrected chi connectivity index (χ3v) is 9.65. The predicted molar refractivity (Wildman–Crippen MR) is 185 cm³/mol. The number of aryl methyl sites for hydroxylation is 2. The Balaban J connectivity index is 1.86. The summed E-state index contributed by atoms with van der Waals surface area (Å²) in [5, 5.41) is 12.2. The van der Waals surface area contributed by atoms with Crippen molar-refractivity contribution in [3.05, 3.63) is 91.6 Å². The van der Waals surface area contributed by atoms with Gasteiger partial charge in [-0.25, -0.2) is 13.2 Å². The number of halogens is 6. The summed E-state index contributed by atoms with van der Waals surface area (Å²) in [6.07, 6.45) is 1.39. The van der Waals surface area contributed by atoms with Crippen molar-refractivity contribution in [3.8, 4) is 23.5 Å². The van der Waals surface area contributed by atoms with Crippen LogP contribution in [0.5, 0.6) is 0 Å². The highest BCUT2D eigenvalue weighted by Crippen LogP contribution is 2.40. The van der Waals surface area contributed by atoms with Gasteiger partial charge in [-0.15, -0.1) is 6.42 Å². The molecular formula is C39H43F6N3O4. The third kappa shape index (κ3) is 8.72. The number of likely N-dealkylation sites (tertiary alicyclic amines) is 1. The number of rotatable bonds is 11. The van der Waals surface area contributed by atoms with Crippen molar-refractivity contribution >= 4 is 11.9 Å². The summed E-state index contributed by atoms with van der Waals surface area (Å²) >= 11 is 0. The monoisotopic (exact) mass is 731 g/mol. The first kappa shape index (κ1) is 40.2. The van der Waals surface area contributed by atoms with Crippen LogP contribution >= 0.6 is 0 Å². The molecule has 2 aromatic carbocycles. The number of aromatic nitrogens is 1. The highest BCUT2D eigenvalue weighted by atomic mass is 19.4. The van der Waals surface area contributed by atoms with Crippen LogP contribution in [0.15, 0.2) is 35.3 Å². The summed E-state index contributed by atoms with van der Waals surface area (Å²) < 4.78 is 90.6. The van der Waals surface area contributed by atoms with Crippen molar-refractivity contribution in [1.82, 2.24) is 14.8 Å². The number of piperidine rings is 1. The molecule has 0 saturated carbocycles. The van der Waals surface area contributed by atoms with E-state index in [1.54, 1.807) is 13.8 Å². The molecule has 0 aliphatic carbocycles. The zero-order valence-electron chi connectivity index (χ0n) is 29.9. The highest BCUT2D eigenvalue weighted by molar-refractivity contribution is 5.82. The Bertz CT molecular complexity index is 1910. The van der Waals surface area contributed by atoms with E-state index in [0.717, 1.165) is 29.0 Å². The number of hydrogen-bond acceptors (Lipinski definition) is 4. The molecule has 1 fully saturated rings. The van der Waals surface area contributed by atoms with E-state index >= 15 is 8.78 Å². The number of hydrogen-bond donors (Lipinski definition) is 2. The Labute approximate surface area is 299 Å². The maximum absolute atomic E-state index is 16.5. The van der Waals surface area contributed by atoms with Crippen molar-refractivity contribution in [2.24, 2.45) is 5.92 Å². The second-order valence-electron chi connectivity index (χ2n) is 14.2. The molecule has 1 amide bonds. The lowest BCUT2D eigenvalue weighted by Crippen LogP contribution is -2.41. The minimum Gasteiger partial charge on any atom is -0.481 e. The maximum atomic E-state index is 16.5. The number of terminal acetylenes is 1. The molecule has 52 heavy (non-hydrogen) atoms. The van der Waals surface area contributed by atoms with Crippen LogP contribution in [-0.4, -0.2) is 45.6 Å². The number of carboxylic acids is 1. The molecule has 0 spiro atoms. The molecule has 2 heterocycles. The Kier molecular flexibility index (Phi) is 12.4. The fraction of sp³-hybridized carbons (Fsp3) is 0.462. The van der Waals surface area contributed by atoms with Gasteiger partial charge < -0.3 is 19.9 Å². The Morgan fingerprint density at radius 1 is 1.00 bits per heavy atom. The average molecular weight is 732 g/mol. The molecule has 13 heteroatoms. The molecule has 280 valence electrons. The first-order chi connectivity index (χ1) is 24.2. The van der Waals surface area contributed by atoms with Crippen molar-refractivity contribution in [1.29, 1.82) is 0 Å². The van der Waals surface area contributed by atoms with E-state index in [1.165, 1.54) is 13.8 Å². The number of aliphatic carboxylic acids is 1. The number of carbonyl (C=O) groups is 2. The second kappa shape index (κ2) is 16.0. The standard InChI is InChI=1S/C39H43F6N3O4/c1-8-24-16-27(34-22(6)14-26(40)15-23(34)7)37(42)35(36(24)41)30(18-33(50)51)46-38(52)31(13-20(2)3)48-19-28(29(17-32(48)49)39(43,44)45)25-9-11-47(12-10-25)21(4)5/h1,14-17,19-21,25,30-31H,9-13,18H2,2-7H3,(H,46,52)(H,50,51)/t30-,31+/m1/s1. The molecule has 1 aliphatic rings. The van der Waals surface area contributed by atoms with Gasteiger partial charge in [0.1, 0.15) is 23.5 Å². The molecule has 2 atom stereocenters. The topological polar surface area (TPSA) is 91.6 Å². The van der Waals surface area contributed by atoms with Gasteiger partial charge in [0, 0.05) is 29.4 Å². The quantitative estimate of drug-likeness (QED) is 0.154. The van der Waals surface area contributed by atoms with Crippen LogP contribution in [0.4, 0.5) is 26.3 Å². The van der Waals surface area contributed by atoms with E-state index in [-0.39, 0.29) is 46.2 Å². The molecule has 1 aromatic heterocycles. The SMILES string of the molecule is C#Cc1cc(-c2c(C)cc(F)cc2C)c(F)c([C@@H](CC(=O)O)NC(=O)[C@H](CC(C)C)n2cc(C3CCN(C(C)C)CC3)c(C(F)(F)F)cc2=O)c1F. The van der Waals surface area contributed by atoms with Crippen molar-refractivity contribution in [2.75, 3.05) is 13.1 Å². The lowest BCUT2D eigenvalue weighted by Gasteiger charge is -2.36. The van der Waals surface area contributed by atoms with Gasteiger partial charge in [-0.2, -0.15) is 13.2 Å². The minimum atomic E-state index is -4.86. The van der Waals surface area contributed by atoms with Crippen LogP contribution < -0.4 is 10.9 Å². The number of amides is 1. The van der Waals surface area contributed by atoms with E-state index in [9.17, 15) is 37.1 Å². The highest BCUT2D eigenvalue weighted by Gasteiger charge is 2.39. The molecule has 0 bridgehead atoms. The molecule has 7 nitrogen and oxygen atoms in total. The van der Waals surface area contributed by atoms with Gasteiger partial charge in [-0.05, 0) is 112 Å². The van der Waals surface area contributed by atoms with Gasteiger partial charge in [0.05, 0.1) is 23.6 Å². The predicted octanol–water partition coefficient (Wildman–Crippen LogP) is 8.06. The van der Waals surface area contributed by atoms with Crippen LogP contribution in [0.3, 0.4) is 0 Å². The van der Waals surface area contributed by atoms with Gasteiger partial charge in [0.15, 0.2) is 0 Å². The zero-order chi connectivity index (χ0) is 38.8. The molecule has 3 aromatic rings. The van der Waals surface area contributed by atoms with E-state index < -0.39 is 82.2 Å². The van der Waals surface area contributed by atoms with Gasteiger partial charge in [0.2, 0.25) is 5.91 Å². The Morgan fingerprint density at radius 3 is 2.10 bits per heavy atom. The van der Waals surface area contributed by atoms with Crippen molar-refractivity contribution < 1.29 is 41.0 Å². The Hall–Kier alpha value is -4.57. The largest absolute Gasteiger partial charge is 0.481 e. The van der Waals surface area contributed by atoms with Crippen LogP contribution in [-0.2, 0) is 15.8 Å². The molecule has 4 rings (SSSR count). The third-order valence-electron chi connectivity index (χ3n) is 9.65. The number of carbonyl (C=O) groups excluding carboxylic acids is 1. The zero-order valence-corrected chi connectivity index (χ0v) is 29.9. The summed E-state index contributed by atoms with van der Waals surface area (Å²) in [5.74, 6) is -4.52. The number of benzene rings is 2. The first-order valence-electron chi connectivity index (χ1n) is 17.1. The van der Waals surface area contributed by atoms with E-state index in [2.05, 4.69) is 16.1 Å². The fourth-order valence-electron chi connectivity index (χ4n) is 7.15. The molecule has 2 N–H and O–H groups in total. The maximum Gasteiger partial charge on any atom is 0.416 e. The molecule has 1 aliphatic heterocycles. The van der Waals surface area contributed by atoms with Gasteiger partial charge >= 0.3 is 12.1 Å². The average Bonchev–Trinajstić information content (AvgIpc) is 3.03. The minimum absolute atomic E-state index is 0.0866. The molecule has 0 unspecified atom stereocenters. The number of nitrogens with one attached hydrogen (secondary N) is 1. The lowest BCUT2D eigenvalue weighted by atomic mass is 9.86. The van der Waals surface area contributed by atoms with Crippen LogP contribution in [0, 0.1) is 49.6 Å². The van der Waals surface area contributed by atoms with Crippen molar-refractivity contribution in [2.45, 2.75) is 97.4 Å². The number of nitrogens with zero attached hydrogens (tertiary/aromatic N) is 2.